The van der Waals surface area contributed by atoms with Gasteiger partial charge in [-0.15, -0.1) is 0 Å². The van der Waals surface area contributed by atoms with E-state index in [4.69, 9.17) is 14.2 Å². The highest BCUT2D eigenvalue weighted by Gasteiger charge is 2.45. The number of aromatic amines is 1. The molecule has 1 aromatic heterocycles. The van der Waals surface area contributed by atoms with Crippen LogP contribution in [0, 0.1) is 11.8 Å². The van der Waals surface area contributed by atoms with Crippen LogP contribution in [-0.2, 0) is 6.61 Å². The fraction of sp³-hybridized carbons (Fsp3) is 0.500. The zero-order valence-electron chi connectivity index (χ0n) is 15.3. The van der Waals surface area contributed by atoms with Gasteiger partial charge in [0, 0.05) is 19.2 Å². The lowest BCUT2D eigenvalue weighted by molar-refractivity contribution is 0.0684. The average Bonchev–Trinajstić information content (AvgIpc) is 3.60. The molecule has 2 fully saturated rings. The van der Waals surface area contributed by atoms with Crippen LogP contribution in [0.25, 0.3) is 0 Å². The van der Waals surface area contributed by atoms with Crippen molar-refractivity contribution in [3.8, 4) is 17.2 Å². The van der Waals surface area contributed by atoms with Gasteiger partial charge in [0.1, 0.15) is 12.4 Å². The maximum absolute atomic E-state index is 12.8. The summed E-state index contributed by atoms with van der Waals surface area (Å²) >= 11 is 0. The van der Waals surface area contributed by atoms with Gasteiger partial charge in [-0.25, -0.2) is 0 Å². The first-order chi connectivity index (χ1) is 13.2. The van der Waals surface area contributed by atoms with E-state index in [1.807, 2.05) is 24.1 Å². The van der Waals surface area contributed by atoms with Crippen molar-refractivity contribution in [1.82, 2.24) is 15.1 Å². The highest BCUT2D eigenvalue weighted by atomic mass is 16.7. The summed E-state index contributed by atoms with van der Waals surface area (Å²) in [5.41, 5.74) is 1.21. The fourth-order valence-electron chi connectivity index (χ4n) is 3.88. The van der Waals surface area contributed by atoms with Gasteiger partial charge in [0.25, 0.3) is 5.91 Å². The van der Waals surface area contributed by atoms with Gasteiger partial charge in [-0.3, -0.25) is 9.89 Å². The Balaban J connectivity index is 1.22. The average molecular weight is 369 g/mol. The number of hydrogen-bond donors (Lipinski definition) is 1. The molecule has 2 aliphatic carbocycles. The maximum atomic E-state index is 12.8. The summed E-state index contributed by atoms with van der Waals surface area (Å²) in [5.74, 6) is 3.44. The number of carbonyl (C=O) groups is 1. The Morgan fingerprint density at radius 1 is 1.22 bits per heavy atom. The molecule has 7 heteroatoms. The minimum atomic E-state index is -0.00983. The summed E-state index contributed by atoms with van der Waals surface area (Å²) in [6.07, 6.45) is 4.98. The molecule has 2 heterocycles. The van der Waals surface area contributed by atoms with Crippen molar-refractivity contribution in [1.29, 1.82) is 0 Å². The second-order valence-corrected chi connectivity index (χ2v) is 7.66. The Labute approximate surface area is 157 Å². The van der Waals surface area contributed by atoms with Crippen LogP contribution < -0.4 is 14.2 Å². The number of ether oxygens (including phenoxy) is 3. The van der Waals surface area contributed by atoms with Crippen LogP contribution in [0.5, 0.6) is 17.2 Å². The van der Waals surface area contributed by atoms with Gasteiger partial charge in [-0.2, -0.15) is 5.10 Å². The minimum absolute atomic E-state index is 0.00983. The van der Waals surface area contributed by atoms with Crippen molar-refractivity contribution in [2.45, 2.75) is 38.3 Å². The van der Waals surface area contributed by atoms with Crippen molar-refractivity contribution in [2.75, 3.05) is 13.8 Å². The van der Waals surface area contributed by atoms with E-state index in [0.717, 1.165) is 11.4 Å². The fourth-order valence-corrected chi connectivity index (χ4v) is 3.88. The van der Waals surface area contributed by atoms with Crippen molar-refractivity contribution >= 4 is 5.91 Å². The molecule has 0 atom stereocenters. The number of amides is 1. The van der Waals surface area contributed by atoms with Crippen molar-refractivity contribution in [3.63, 3.8) is 0 Å². The number of nitrogens with zero attached hydrogens (tertiary/aromatic N) is 2. The van der Waals surface area contributed by atoms with Crippen LogP contribution in [0.1, 0.15) is 41.9 Å². The lowest BCUT2D eigenvalue weighted by Crippen LogP contribution is -2.40. The standard InChI is InChI=1S/C20H23N3O4/c1-23(19(12-2-3-12)13-4-5-13)20(24)16-8-14(21-22-16)10-25-15-6-7-17-18(9-15)27-11-26-17/h6-9,12-13,19H,2-5,10-11H2,1H3,(H,21,22). The molecule has 7 nitrogen and oxygen atoms in total. The molecule has 2 aromatic rings. The third kappa shape index (κ3) is 3.34. The monoisotopic (exact) mass is 369 g/mol. The van der Waals surface area contributed by atoms with E-state index in [0.29, 0.717) is 41.7 Å². The molecule has 0 unspecified atom stereocenters. The minimum Gasteiger partial charge on any atom is -0.487 e. The number of aromatic nitrogens is 2. The van der Waals surface area contributed by atoms with E-state index in [2.05, 4.69) is 10.2 Å². The normalized spacial score (nSPS) is 18.0. The zero-order valence-corrected chi connectivity index (χ0v) is 15.3. The van der Waals surface area contributed by atoms with Crippen molar-refractivity contribution < 1.29 is 19.0 Å². The quantitative estimate of drug-likeness (QED) is 0.812. The van der Waals surface area contributed by atoms with Gasteiger partial charge in [0.15, 0.2) is 17.2 Å². The second kappa shape index (κ2) is 6.48. The Kier molecular flexibility index (Phi) is 3.95. The molecule has 1 N–H and O–H groups in total. The first-order valence-corrected chi connectivity index (χ1v) is 9.53. The number of H-pyrrole nitrogens is 1. The molecular formula is C20H23N3O4. The van der Waals surface area contributed by atoms with Gasteiger partial charge in [-0.05, 0) is 55.7 Å². The molecular weight excluding hydrogens is 346 g/mol. The number of nitrogens with one attached hydrogen (secondary N) is 1. The third-order valence-electron chi connectivity index (χ3n) is 5.57. The number of carbonyl (C=O) groups excluding carboxylic acids is 1. The van der Waals surface area contributed by atoms with Gasteiger partial charge >= 0.3 is 0 Å². The molecule has 0 bridgehead atoms. The van der Waals surface area contributed by atoms with Crippen LogP contribution in [0.4, 0.5) is 0 Å². The zero-order chi connectivity index (χ0) is 18.4. The molecule has 3 aliphatic rings. The summed E-state index contributed by atoms with van der Waals surface area (Å²) < 4.78 is 16.4. The highest BCUT2D eigenvalue weighted by Crippen LogP contribution is 2.47. The number of benzene rings is 1. The molecule has 142 valence electrons. The molecule has 5 rings (SSSR count). The Hall–Kier alpha value is -2.70. The molecule has 1 aromatic carbocycles. The van der Waals surface area contributed by atoms with Crippen LogP contribution >= 0.6 is 0 Å². The summed E-state index contributed by atoms with van der Waals surface area (Å²) in [7, 11) is 1.92. The van der Waals surface area contributed by atoms with E-state index in [-0.39, 0.29) is 12.7 Å². The maximum Gasteiger partial charge on any atom is 0.274 e. The molecule has 2 saturated carbocycles. The van der Waals surface area contributed by atoms with Gasteiger partial charge < -0.3 is 19.1 Å². The third-order valence-corrected chi connectivity index (χ3v) is 5.57. The molecule has 0 radical (unpaired) electrons. The molecule has 0 spiro atoms. The smallest absolute Gasteiger partial charge is 0.274 e. The number of hydrogen-bond acceptors (Lipinski definition) is 5. The Morgan fingerprint density at radius 2 is 1.96 bits per heavy atom. The van der Waals surface area contributed by atoms with Gasteiger partial charge in [0.2, 0.25) is 6.79 Å². The Morgan fingerprint density at radius 3 is 2.70 bits per heavy atom. The van der Waals surface area contributed by atoms with Crippen LogP contribution in [0.3, 0.4) is 0 Å². The van der Waals surface area contributed by atoms with Crippen LogP contribution in [0.2, 0.25) is 0 Å². The van der Waals surface area contributed by atoms with Gasteiger partial charge in [0.05, 0.1) is 5.69 Å². The number of rotatable bonds is 7. The topological polar surface area (TPSA) is 76.7 Å². The largest absolute Gasteiger partial charge is 0.487 e. The summed E-state index contributed by atoms with van der Waals surface area (Å²) in [4.78, 5) is 14.7. The number of fused-ring (bicyclic) bond motifs is 1. The Bertz CT molecular complexity index is 845. The first-order valence-electron chi connectivity index (χ1n) is 9.53. The molecule has 1 amide bonds. The van der Waals surface area contributed by atoms with Crippen molar-refractivity contribution in [3.05, 3.63) is 35.7 Å². The van der Waals surface area contributed by atoms with E-state index in [9.17, 15) is 4.79 Å². The first kappa shape index (κ1) is 16.5. The lowest BCUT2D eigenvalue weighted by atomic mass is 10.1. The van der Waals surface area contributed by atoms with Crippen molar-refractivity contribution in [2.24, 2.45) is 11.8 Å². The molecule has 1 aliphatic heterocycles. The van der Waals surface area contributed by atoms with E-state index >= 15 is 0 Å². The lowest BCUT2D eigenvalue weighted by Gasteiger charge is -2.27. The molecule has 27 heavy (non-hydrogen) atoms. The highest BCUT2D eigenvalue weighted by molar-refractivity contribution is 5.92. The summed E-state index contributed by atoms with van der Waals surface area (Å²) in [6.45, 7) is 0.541. The summed E-state index contributed by atoms with van der Waals surface area (Å²) in [5, 5.41) is 7.12. The van der Waals surface area contributed by atoms with E-state index in [1.165, 1.54) is 25.7 Å². The predicted molar refractivity (Wildman–Crippen MR) is 96.8 cm³/mol. The van der Waals surface area contributed by atoms with Gasteiger partial charge in [-0.1, -0.05) is 0 Å². The SMILES string of the molecule is CN(C(=O)c1cc(COc2ccc3c(c2)OCO3)[nH]n1)C(C1CC1)C1CC1. The van der Waals surface area contributed by atoms with E-state index < -0.39 is 0 Å². The van der Waals surface area contributed by atoms with Crippen LogP contribution in [-0.4, -0.2) is 40.9 Å². The van der Waals surface area contributed by atoms with E-state index in [1.54, 1.807) is 12.1 Å². The van der Waals surface area contributed by atoms with Crippen LogP contribution in [0.15, 0.2) is 24.3 Å². The summed E-state index contributed by atoms with van der Waals surface area (Å²) in [6, 6.07) is 7.61. The second-order valence-electron chi connectivity index (χ2n) is 7.66. The predicted octanol–water partition coefficient (Wildman–Crippen LogP) is 2.98. The molecule has 0 saturated heterocycles.